The van der Waals surface area contributed by atoms with Gasteiger partial charge in [0, 0.05) is 44.3 Å². The fraction of sp³-hybridized carbons (Fsp3) is 0.526. The quantitative estimate of drug-likeness (QED) is 0.687. The van der Waals surface area contributed by atoms with Gasteiger partial charge in [-0.3, -0.25) is 4.40 Å². The number of piperidine rings is 2. The lowest BCUT2D eigenvalue weighted by Gasteiger charge is -2.38. The zero-order valence-electron chi connectivity index (χ0n) is 15.3. The first-order chi connectivity index (χ1) is 13.2. The lowest BCUT2D eigenvalue weighted by molar-refractivity contribution is 0.125. The maximum absolute atomic E-state index is 13.0. The summed E-state index contributed by atoms with van der Waals surface area (Å²) in [4.78, 5) is 29.2. The van der Waals surface area contributed by atoms with Gasteiger partial charge >= 0.3 is 6.03 Å². The molecule has 2 saturated heterocycles. The van der Waals surface area contributed by atoms with Gasteiger partial charge < -0.3 is 20.5 Å². The Labute approximate surface area is 157 Å². The summed E-state index contributed by atoms with van der Waals surface area (Å²) in [6.45, 7) is 3.00. The average Bonchev–Trinajstić information content (AvgIpc) is 3.33. The van der Waals surface area contributed by atoms with Crippen LogP contribution >= 0.6 is 0 Å². The normalized spacial score (nSPS) is 24.0. The fourth-order valence-electron chi connectivity index (χ4n) is 4.53. The molecule has 0 bridgehead atoms. The van der Waals surface area contributed by atoms with Crippen LogP contribution in [-0.4, -0.2) is 67.4 Å². The summed E-state index contributed by atoms with van der Waals surface area (Å²) in [5, 5.41) is 0. The first kappa shape index (κ1) is 16.6. The Morgan fingerprint density at radius 3 is 2.74 bits per heavy atom. The molecule has 5 heterocycles. The molecule has 8 nitrogen and oxygen atoms in total. The van der Waals surface area contributed by atoms with Crippen LogP contribution in [0.2, 0.25) is 0 Å². The van der Waals surface area contributed by atoms with Crippen molar-refractivity contribution in [3.8, 4) is 0 Å². The number of fused-ring (bicyclic) bond motifs is 3. The van der Waals surface area contributed by atoms with Crippen molar-refractivity contribution in [1.29, 1.82) is 0 Å². The number of imidazole rings is 1. The van der Waals surface area contributed by atoms with Crippen LogP contribution < -0.4 is 5.73 Å². The number of amides is 2. The van der Waals surface area contributed by atoms with Crippen LogP contribution in [0, 0.1) is 0 Å². The number of aromatic nitrogens is 4. The van der Waals surface area contributed by atoms with Crippen molar-refractivity contribution in [2.24, 2.45) is 5.73 Å². The highest BCUT2D eigenvalue weighted by Crippen LogP contribution is 2.29. The molecule has 0 spiro atoms. The number of H-pyrrole nitrogens is 1. The third-order valence-corrected chi connectivity index (χ3v) is 5.87. The van der Waals surface area contributed by atoms with Gasteiger partial charge in [-0.05, 0) is 31.7 Å². The minimum absolute atomic E-state index is 0.105. The summed E-state index contributed by atoms with van der Waals surface area (Å²) in [5.41, 5.74) is 8.94. The molecule has 2 aliphatic heterocycles. The largest absolute Gasteiger partial charge is 0.345 e. The van der Waals surface area contributed by atoms with Crippen molar-refractivity contribution < 1.29 is 4.79 Å². The Kier molecular flexibility index (Phi) is 4.00. The molecule has 142 valence electrons. The zero-order chi connectivity index (χ0) is 18.4. The third kappa shape index (κ3) is 2.84. The molecular formula is C19H25N7O. The number of nitrogens with zero attached hydrogens (tertiary/aromatic N) is 5. The van der Waals surface area contributed by atoms with Crippen LogP contribution in [0.15, 0.2) is 24.7 Å². The van der Waals surface area contributed by atoms with Gasteiger partial charge in [0.1, 0.15) is 5.82 Å². The summed E-state index contributed by atoms with van der Waals surface area (Å²) >= 11 is 0. The van der Waals surface area contributed by atoms with E-state index in [-0.39, 0.29) is 18.0 Å². The molecule has 0 aromatic carbocycles. The summed E-state index contributed by atoms with van der Waals surface area (Å²) < 4.78 is 2.17. The first-order valence-corrected chi connectivity index (χ1v) is 9.79. The second-order valence-electron chi connectivity index (χ2n) is 7.76. The molecule has 5 rings (SSSR count). The summed E-state index contributed by atoms with van der Waals surface area (Å²) in [5.74, 6) is 1.24. The molecule has 27 heavy (non-hydrogen) atoms. The Hall–Kier alpha value is -2.61. The smallest absolute Gasteiger partial charge is 0.320 e. The Morgan fingerprint density at radius 2 is 1.89 bits per heavy atom. The average molecular weight is 367 g/mol. The predicted octanol–water partition coefficient (Wildman–Crippen LogP) is 1.93. The van der Waals surface area contributed by atoms with E-state index in [1.807, 2.05) is 34.5 Å². The topological polar surface area (TPSA) is 95.5 Å². The standard InChI is InChI=1S/C19H25N7O/c20-14-4-2-8-25(12-14)19(27)24-7-1-3-13(11-24)18-23-10-15-9-22-17-16(26(15)18)5-6-21-17/h5-6,9-10,13-14,21H,1-4,7-8,11-12,20H2/t13-,14-/m1/s1. The first-order valence-electron chi connectivity index (χ1n) is 9.79. The molecule has 0 aliphatic carbocycles. The monoisotopic (exact) mass is 367 g/mol. The minimum atomic E-state index is 0.105. The van der Waals surface area contributed by atoms with E-state index in [1.165, 1.54) is 0 Å². The second-order valence-corrected chi connectivity index (χ2v) is 7.76. The van der Waals surface area contributed by atoms with Gasteiger partial charge in [-0.1, -0.05) is 0 Å². The van der Waals surface area contributed by atoms with Crippen molar-refractivity contribution >= 4 is 22.7 Å². The van der Waals surface area contributed by atoms with E-state index in [0.29, 0.717) is 13.1 Å². The maximum Gasteiger partial charge on any atom is 0.320 e. The number of aromatic amines is 1. The van der Waals surface area contributed by atoms with Crippen LogP contribution in [0.4, 0.5) is 4.79 Å². The Morgan fingerprint density at radius 1 is 1.11 bits per heavy atom. The summed E-state index contributed by atoms with van der Waals surface area (Å²) in [6.07, 6.45) is 9.65. The Balaban J connectivity index is 1.42. The number of hydrogen-bond acceptors (Lipinski definition) is 4. The fourth-order valence-corrected chi connectivity index (χ4v) is 4.53. The highest BCUT2D eigenvalue weighted by Gasteiger charge is 2.31. The third-order valence-electron chi connectivity index (χ3n) is 5.87. The van der Waals surface area contributed by atoms with E-state index in [0.717, 1.165) is 61.3 Å². The molecule has 3 N–H and O–H groups in total. The van der Waals surface area contributed by atoms with Gasteiger partial charge in [0.05, 0.1) is 23.4 Å². The number of nitrogens with two attached hydrogens (primary N) is 1. The van der Waals surface area contributed by atoms with E-state index < -0.39 is 0 Å². The molecule has 0 radical (unpaired) electrons. The van der Waals surface area contributed by atoms with Crippen LogP contribution in [0.5, 0.6) is 0 Å². The van der Waals surface area contributed by atoms with Crippen molar-refractivity contribution in [3.05, 3.63) is 30.5 Å². The molecule has 8 heteroatoms. The molecule has 0 unspecified atom stereocenters. The predicted molar refractivity (Wildman–Crippen MR) is 103 cm³/mol. The van der Waals surface area contributed by atoms with Crippen molar-refractivity contribution in [2.75, 3.05) is 26.2 Å². The zero-order valence-corrected chi connectivity index (χ0v) is 15.3. The molecular weight excluding hydrogens is 342 g/mol. The van der Waals surface area contributed by atoms with E-state index >= 15 is 0 Å². The molecule has 2 amide bonds. The number of carbonyl (C=O) groups is 1. The summed E-state index contributed by atoms with van der Waals surface area (Å²) in [7, 11) is 0. The lowest BCUT2D eigenvalue weighted by Crippen LogP contribution is -2.52. The molecule has 3 aromatic heterocycles. The van der Waals surface area contributed by atoms with Gasteiger partial charge in [-0.2, -0.15) is 0 Å². The molecule has 0 saturated carbocycles. The van der Waals surface area contributed by atoms with E-state index in [1.54, 1.807) is 0 Å². The van der Waals surface area contributed by atoms with Crippen LogP contribution in [0.25, 0.3) is 16.7 Å². The maximum atomic E-state index is 13.0. The highest BCUT2D eigenvalue weighted by atomic mass is 16.2. The number of nitrogens with one attached hydrogen (secondary N) is 1. The van der Waals surface area contributed by atoms with Crippen molar-refractivity contribution in [2.45, 2.75) is 37.6 Å². The van der Waals surface area contributed by atoms with Crippen LogP contribution in [0.1, 0.15) is 37.4 Å². The van der Waals surface area contributed by atoms with Crippen molar-refractivity contribution in [1.82, 2.24) is 29.2 Å². The number of likely N-dealkylation sites (tertiary alicyclic amines) is 2. The molecule has 2 aliphatic rings. The van der Waals surface area contributed by atoms with Crippen molar-refractivity contribution in [3.63, 3.8) is 0 Å². The van der Waals surface area contributed by atoms with Gasteiger partial charge in [0.25, 0.3) is 0 Å². The number of carbonyl (C=O) groups excluding carboxylic acids is 1. The number of rotatable bonds is 1. The van der Waals surface area contributed by atoms with Gasteiger partial charge in [0.2, 0.25) is 0 Å². The van der Waals surface area contributed by atoms with Gasteiger partial charge in [-0.25, -0.2) is 14.8 Å². The van der Waals surface area contributed by atoms with E-state index in [2.05, 4.69) is 14.4 Å². The lowest BCUT2D eigenvalue weighted by atomic mass is 9.97. The highest BCUT2D eigenvalue weighted by molar-refractivity contribution is 5.76. The minimum Gasteiger partial charge on any atom is -0.345 e. The molecule has 2 fully saturated rings. The van der Waals surface area contributed by atoms with E-state index in [9.17, 15) is 4.79 Å². The summed E-state index contributed by atoms with van der Waals surface area (Å²) in [6, 6.07) is 2.26. The molecule has 3 aromatic rings. The van der Waals surface area contributed by atoms with Crippen LogP contribution in [-0.2, 0) is 0 Å². The number of urea groups is 1. The van der Waals surface area contributed by atoms with Gasteiger partial charge in [0.15, 0.2) is 5.65 Å². The van der Waals surface area contributed by atoms with Gasteiger partial charge in [-0.15, -0.1) is 0 Å². The SMILES string of the molecule is N[C@@H]1CCCN(C(=O)N2CCC[C@@H](c3ncc4cnc5[nH]ccc5n34)C2)C1. The van der Waals surface area contributed by atoms with Crippen LogP contribution in [0.3, 0.4) is 0 Å². The molecule has 2 atom stereocenters. The van der Waals surface area contributed by atoms with E-state index in [4.69, 9.17) is 10.7 Å². The number of hydrogen-bond donors (Lipinski definition) is 2. The second kappa shape index (κ2) is 6.53. The Bertz CT molecular complexity index is 977.